The number of ether oxygens (including phenoxy) is 1. The first-order chi connectivity index (χ1) is 8.89. The van der Waals surface area contributed by atoms with E-state index in [1.807, 2.05) is 0 Å². The third-order valence-corrected chi connectivity index (χ3v) is 3.52. The number of hydrogen-bond acceptors (Lipinski definition) is 3. The fourth-order valence-electron chi connectivity index (χ4n) is 2.37. The molecule has 1 rings (SSSR count). The van der Waals surface area contributed by atoms with Crippen LogP contribution >= 0.6 is 0 Å². The zero-order chi connectivity index (χ0) is 14.5. The van der Waals surface area contributed by atoms with Crippen LogP contribution in [0.1, 0.15) is 37.0 Å². The molecule has 0 saturated heterocycles. The second-order valence-corrected chi connectivity index (χ2v) is 6.07. The fourth-order valence-corrected chi connectivity index (χ4v) is 2.37. The van der Waals surface area contributed by atoms with E-state index in [0.717, 1.165) is 31.8 Å². The molecule has 19 heavy (non-hydrogen) atoms. The van der Waals surface area contributed by atoms with E-state index in [9.17, 15) is 0 Å². The number of nitrogens with two attached hydrogens (primary N) is 1. The molecule has 0 aromatic heterocycles. The highest BCUT2D eigenvalue weighted by atomic mass is 16.5. The molecule has 0 amide bonds. The van der Waals surface area contributed by atoms with Crippen LogP contribution < -0.4 is 15.8 Å². The highest BCUT2D eigenvalue weighted by Crippen LogP contribution is 2.24. The highest BCUT2D eigenvalue weighted by Gasteiger charge is 2.16. The fraction of sp³-hybridized carbons (Fsp3) is 0.625. The van der Waals surface area contributed by atoms with Crippen LogP contribution in [0.3, 0.4) is 0 Å². The molecule has 3 heteroatoms. The second kappa shape index (κ2) is 6.92. The van der Waals surface area contributed by atoms with E-state index >= 15 is 0 Å². The molecular formula is C16H28N2O. The van der Waals surface area contributed by atoms with Crippen molar-refractivity contribution < 1.29 is 4.74 Å². The summed E-state index contributed by atoms with van der Waals surface area (Å²) < 4.78 is 5.48. The van der Waals surface area contributed by atoms with Crippen molar-refractivity contribution in [2.45, 2.75) is 40.7 Å². The van der Waals surface area contributed by atoms with E-state index in [4.69, 9.17) is 10.5 Å². The molecule has 0 spiro atoms. The Kier molecular flexibility index (Phi) is 5.83. The number of benzene rings is 1. The zero-order valence-corrected chi connectivity index (χ0v) is 13.0. The van der Waals surface area contributed by atoms with E-state index in [-0.39, 0.29) is 5.41 Å². The number of aryl methyl sites for hydroxylation is 2. The lowest BCUT2D eigenvalue weighted by molar-refractivity contribution is 0.317. The summed E-state index contributed by atoms with van der Waals surface area (Å²) in [6, 6.07) is 4.29. The van der Waals surface area contributed by atoms with Gasteiger partial charge in [0.1, 0.15) is 5.75 Å². The summed E-state index contributed by atoms with van der Waals surface area (Å²) in [5, 5.41) is 3.53. The molecule has 0 fully saturated rings. The van der Waals surface area contributed by atoms with Gasteiger partial charge in [-0.2, -0.15) is 0 Å². The summed E-state index contributed by atoms with van der Waals surface area (Å²) in [5.74, 6) is 0.974. The average molecular weight is 264 g/mol. The van der Waals surface area contributed by atoms with Crippen molar-refractivity contribution in [3.05, 3.63) is 28.8 Å². The van der Waals surface area contributed by atoms with Crippen molar-refractivity contribution in [1.82, 2.24) is 5.32 Å². The van der Waals surface area contributed by atoms with E-state index < -0.39 is 0 Å². The molecule has 0 aliphatic rings. The minimum atomic E-state index is 0.237. The van der Waals surface area contributed by atoms with Gasteiger partial charge >= 0.3 is 0 Å². The van der Waals surface area contributed by atoms with Gasteiger partial charge in [0.25, 0.3) is 0 Å². The van der Waals surface area contributed by atoms with Crippen molar-refractivity contribution in [3.8, 4) is 5.75 Å². The van der Waals surface area contributed by atoms with E-state index in [2.05, 4.69) is 45.1 Å². The maximum absolute atomic E-state index is 5.64. The van der Waals surface area contributed by atoms with Crippen molar-refractivity contribution in [2.75, 3.05) is 20.2 Å². The van der Waals surface area contributed by atoms with E-state index in [1.165, 1.54) is 16.7 Å². The zero-order valence-electron chi connectivity index (χ0n) is 13.0. The summed E-state index contributed by atoms with van der Waals surface area (Å²) in [4.78, 5) is 0. The lowest BCUT2D eigenvalue weighted by Crippen LogP contribution is -2.31. The third-order valence-electron chi connectivity index (χ3n) is 3.52. The lowest BCUT2D eigenvalue weighted by Gasteiger charge is -2.25. The van der Waals surface area contributed by atoms with Gasteiger partial charge in [0.05, 0.1) is 7.11 Å². The quantitative estimate of drug-likeness (QED) is 0.796. The van der Waals surface area contributed by atoms with Crippen LogP contribution in [0.25, 0.3) is 0 Å². The van der Waals surface area contributed by atoms with Gasteiger partial charge in [-0.15, -0.1) is 0 Å². The Morgan fingerprint density at radius 2 is 1.95 bits per heavy atom. The van der Waals surface area contributed by atoms with E-state index in [0.29, 0.717) is 0 Å². The summed E-state index contributed by atoms with van der Waals surface area (Å²) in [7, 11) is 1.73. The monoisotopic (exact) mass is 264 g/mol. The van der Waals surface area contributed by atoms with Gasteiger partial charge in [0, 0.05) is 18.7 Å². The van der Waals surface area contributed by atoms with E-state index in [1.54, 1.807) is 7.11 Å². The van der Waals surface area contributed by atoms with Gasteiger partial charge in [0.15, 0.2) is 0 Å². The van der Waals surface area contributed by atoms with Crippen LogP contribution in [-0.2, 0) is 6.54 Å². The van der Waals surface area contributed by atoms with Crippen LogP contribution in [0, 0.1) is 19.3 Å². The molecule has 3 nitrogen and oxygen atoms in total. The number of hydrogen-bond donors (Lipinski definition) is 2. The molecule has 1 aromatic rings. The van der Waals surface area contributed by atoms with Crippen LogP contribution in [0.2, 0.25) is 0 Å². The molecule has 0 heterocycles. The maximum atomic E-state index is 5.64. The Balaban J connectivity index is 2.68. The third kappa shape index (κ3) is 4.84. The largest absolute Gasteiger partial charge is 0.496 e. The van der Waals surface area contributed by atoms with Crippen LogP contribution in [0.15, 0.2) is 12.1 Å². The normalized spacial score (nSPS) is 11.7. The number of rotatable bonds is 7. The predicted octanol–water partition coefficient (Wildman–Crippen LogP) is 2.78. The minimum absolute atomic E-state index is 0.237. The van der Waals surface area contributed by atoms with Crippen LogP contribution in [-0.4, -0.2) is 20.2 Å². The van der Waals surface area contributed by atoms with Gasteiger partial charge in [-0.3, -0.25) is 0 Å². The molecule has 0 aliphatic heterocycles. The van der Waals surface area contributed by atoms with Gasteiger partial charge < -0.3 is 15.8 Å². The molecule has 0 atom stereocenters. The Bertz CT molecular complexity index is 413. The number of nitrogens with one attached hydrogen (secondary N) is 1. The van der Waals surface area contributed by atoms with Crippen molar-refractivity contribution in [2.24, 2.45) is 11.1 Å². The SMILES string of the molecule is COc1cc(C)cc(C)c1CNCC(C)(C)CCN. The molecule has 3 N–H and O–H groups in total. The Labute approximate surface area is 117 Å². The van der Waals surface area contributed by atoms with Crippen molar-refractivity contribution in [1.29, 1.82) is 0 Å². The minimum Gasteiger partial charge on any atom is -0.496 e. The summed E-state index contributed by atoms with van der Waals surface area (Å²) in [5.41, 5.74) is 9.64. The Morgan fingerprint density at radius 3 is 2.53 bits per heavy atom. The number of methoxy groups -OCH3 is 1. The van der Waals surface area contributed by atoms with Gasteiger partial charge in [-0.1, -0.05) is 19.9 Å². The second-order valence-electron chi connectivity index (χ2n) is 6.07. The summed E-state index contributed by atoms with van der Waals surface area (Å²) in [6.07, 6.45) is 1.03. The predicted molar refractivity (Wildman–Crippen MR) is 81.6 cm³/mol. The molecule has 0 saturated carbocycles. The lowest BCUT2D eigenvalue weighted by atomic mass is 9.89. The van der Waals surface area contributed by atoms with Gasteiger partial charge in [-0.05, 0) is 49.4 Å². The first-order valence-corrected chi connectivity index (χ1v) is 6.94. The van der Waals surface area contributed by atoms with Crippen LogP contribution in [0.4, 0.5) is 0 Å². The molecule has 1 aromatic carbocycles. The first kappa shape index (κ1) is 16.0. The Hall–Kier alpha value is -1.06. The molecular weight excluding hydrogens is 236 g/mol. The van der Waals surface area contributed by atoms with Gasteiger partial charge in [0.2, 0.25) is 0 Å². The highest BCUT2D eigenvalue weighted by molar-refractivity contribution is 5.42. The summed E-state index contributed by atoms with van der Waals surface area (Å²) >= 11 is 0. The topological polar surface area (TPSA) is 47.3 Å². The van der Waals surface area contributed by atoms with Crippen LogP contribution in [0.5, 0.6) is 5.75 Å². The molecule has 0 bridgehead atoms. The molecule has 0 unspecified atom stereocenters. The first-order valence-electron chi connectivity index (χ1n) is 6.94. The molecule has 0 aliphatic carbocycles. The molecule has 108 valence electrons. The summed E-state index contributed by atoms with van der Waals surface area (Å²) in [6.45, 7) is 11.2. The average Bonchev–Trinajstić information content (AvgIpc) is 2.31. The Morgan fingerprint density at radius 1 is 1.26 bits per heavy atom. The molecule has 0 radical (unpaired) electrons. The van der Waals surface area contributed by atoms with Crippen molar-refractivity contribution >= 4 is 0 Å². The standard InChI is InChI=1S/C16H28N2O/c1-12-8-13(2)14(15(9-12)19-5)10-18-11-16(3,4)6-7-17/h8-9,18H,6-7,10-11,17H2,1-5H3. The van der Waals surface area contributed by atoms with Crippen molar-refractivity contribution in [3.63, 3.8) is 0 Å². The smallest absolute Gasteiger partial charge is 0.123 e. The maximum Gasteiger partial charge on any atom is 0.123 e. The van der Waals surface area contributed by atoms with Gasteiger partial charge in [-0.25, -0.2) is 0 Å².